The van der Waals surface area contributed by atoms with Gasteiger partial charge in [-0.15, -0.1) is 21.5 Å². The fraction of sp³-hybridized carbons (Fsp3) is 0.250. The van der Waals surface area contributed by atoms with Gasteiger partial charge in [0.1, 0.15) is 22.5 Å². The molecule has 6 nitrogen and oxygen atoms in total. The van der Waals surface area contributed by atoms with Crippen molar-refractivity contribution in [1.29, 1.82) is 5.41 Å². The van der Waals surface area contributed by atoms with Crippen LogP contribution in [0.5, 0.6) is 11.5 Å². The van der Waals surface area contributed by atoms with Crippen LogP contribution >= 0.6 is 46.3 Å². The molecule has 0 radical (unpaired) electrons. The van der Waals surface area contributed by atoms with E-state index < -0.39 is 5.92 Å². The molecule has 176 valence electrons. The molecule has 0 bridgehead atoms. The number of aryl methyl sites for hydroxylation is 1. The van der Waals surface area contributed by atoms with Crippen molar-refractivity contribution >= 4 is 63.2 Å². The van der Waals surface area contributed by atoms with Crippen molar-refractivity contribution in [3.05, 3.63) is 72.5 Å². The monoisotopic (exact) mass is 533 g/mol. The largest absolute Gasteiger partial charge is 0.490 e. The first-order chi connectivity index (χ1) is 16.4. The topological polar surface area (TPSA) is 85.2 Å². The summed E-state index contributed by atoms with van der Waals surface area (Å²) < 4.78 is 11.7. The van der Waals surface area contributed by atoms with E-state index in [2.05, 4.69) is 10.2 Å². The summed E-state index contributed by atoms with van der Waals surface area (Å²) in [6.45, 7) is 4.63. The van der Waals surface area contributed by atoms with Crippen LogP contribution in [0.15, 0.2) is 41.3 Å². The quantitative estimate of drug-likeness (QED) is 0.320. The molecule has 2 aromatic carbocycles. The number of aromatic nitrogens is 2. The first kappa shape index (κ1) is 24.7. The van der Waals surface area contributed by atoms with Gasteiger partial charge >= 0.3 is 0 Å². The van der Waals surface area contributed by atoms with Crippen LogP contribution < -0.4 is 9.47 Å². The predicted molar refractivity (Wildman–Crippen MR) is 139 cm³/mol. The first-order valence-corrected chi connectivity index (χ1v) is 13.0. The predicted octanol–water partition coefficient (Wildman–Crippen LogP) is 6.80. The lowest BCUT2D eigenvalue weighted by atomic mass is 10.1. The van der Waals surface area contributed by atoms with Crippen LogP contribution in [0, 0.1) is 5.41 Å². The molecule has 1 fully saturated rings. The van der Waals surface area contributed by atoms with Crippen molar-refractivity contribution in [3.63, 3.8) is 0 Å². The average Bonchev–Trinajstić information content (AvgIpc) is 3.39. The highest BCUT2D eigenvalue weighted by Crippen LogP contribution is 2.42. The Morgan fingerprint density at radius 3 is 2.59 bits per heavy atom. The molecule has 1 aliphatic heterocycles. The van der Waals surface area contributed by atoms with Gasteiger partial charge in [0.05, 0.1) is 26.6 Å². The van der Waals surface area contributed by atoms with Crippen LogP contribution in [0.3, 0.4) is 0 Å². The zero-order valence-corrected chi connectivity index (χ0v) is 21.6. The van der Waals surface area contributed by atoms with Crippen molar-refractivity contribution in [1.82, 2.24) is 10.2 Å². The van der Waals surface area contributed by atoms with E-state index in [4.69, 9.17) is 38.1 Å². The number of ketones is 1. The molecule has 34 heavy (non-hydrogen) atoms. The lowest BCUT2D eigenvalue weighted by Gasteiger charge is -2.13. The number of carbonyl (C=O) groups is 1. The summed E-state index contributed by atoms with van der Waals surface area (Å²) in [7, 11) is 0. The van der Waals surface area contributed by atoms with Crippen molar-refractivity contribution in [2.75, 3.05) is 6.61 Å². The van der Waals surface area contributed by atoms with Crippen LogP contribution in [0.2, 0.25) is 10.0 Å². The molecule has 1 aromatic heterocycles. The summed E-state index contributed by atoms with van der Waals surface area (Å²) in [4.78, 5) is 13.5. The second kappa shape index (κ2) is 10.9. The molecular weight excluding hydrogens is 513 g/mol. The van der Waals surface area contributed by atoms with Crippen LogP contribution in [0.4, 0.5) is 0 Å². The summed E-state index contributed by atoms with van der Waals surface area (Å²) in [5.74, 6) is 0.337. The number of hydrogen-bond acceptors (Lipinski definition) is 8. The number of halogens is 2. The molecule has 10 heteroatoms. The normalized spacial score (nSPS) is 16.9. The Morgan fingerprint density at radius 1 is 1.06 bits per heavy atom. The van der Waals surface area contributed by atoms with Crippen LogP contribution in [-0.4, -0.2) is 27.6 Å². The Bertz CT molecular complexity index is 1280. The van der Waals surface area contributed by atoms with E-state index >= 15 is 0 Å². The number of benzene rings is 2. The number of rotatable bonds is 8. The SMILES string of the molecule is CCOc1cc(/C=C2\SC(=N)[C@@H](c3nnc(CC)s3)C2=O)ccc1OCc1ccc(Cl)c(Cl)c1. The van der Waals surface area contributed by atoms with Crippen LogP contribution in [-0.2, 0) is 17.8 Å². The second-order valence-corrected chi connectivity index (χ2v) is 10.3. The van der Waals surface area contributed by atoms with Crippen LogP contribution in [0.25, 0.3) is 6.08 Å². The maximum Gasteiger partial charge on any atom is 0.186 e. The summed E-state index contributed by atoms with van der Waals surface area (Å²) in [6.07, 6.45) is 2.52. The molecule has 1 N–H and O–H groups in total. The van der Waals surface area contributed by atoms with Crippen LogP contribution in [0.1, 0.15) is 40.9 Å². The number of nitrogens with one attached hydrogen (secondary N) is 1. The van der Waals surface area contributed by atoms with E-state index in [-0.39, 0.29) is 10.8 Å². The Balaban J connectivity index is 1.53. The minimum Gasteiger partial charge on any atom is -0.490 e. The molecule has 1 aliphatic rings. The molecule has 0 aliphatic carbocycles. The van der Waals surface area contributed by atoms with E-state index in [1.807, 2.05) is 32.0 Å². The molecule has 0 spiro atoms. The third kappa shape index (κ3) is 5.46. The summed E-state index contributed by atoms with van der Waals surface area (Å²) >= 11 is 14.6. The Labute approximate surface area is 215 Å². The number of hydrogen-bond donors (Lipinski definition) is 1. The number of Topliss-reactive ketones (excluding diaryl/α,β-unsaturated/α-hetero) is 1. The van der Waals surface area contributed by atoms with Gasteiger partial charge in [0.25, 0.3) is 0 Å². The maximum absolute atomic E-state index is 13.0. The average molecular weight is 534 g/mol. The van der Waals surface area contributed by atoms with Crippen molar-refractivity contribution in [2.45, 2.75) is 32.8 Å². The van der Waals surface area contributed by atoms with Gasteiger partial charge in [-0.1, -0.05) is 54.0 Å². The number of nitrogens with zero attached hydrogens (tertiary/aromatic N) is 2. The number of allylic oxidation sites excluding steroid dienone is 1. The first-order valence-electron chi connectivity index (χ1n) is 10.6. The van der Waals surface area contributed by atoms with Gasteiger partial charge in [0.15, 0.2) is 17.3 Å². The summed E-state index contributed by atoms with van der Waals surface area (Å²) in [5.41, 5.74) is 1.66. The van der Waals surface area contributed by atoms with E-state index in [1.165, 1.54) is 11.3 Å². The molecule has 1 saturated heterocycles. The summed E-state index contributed by atoms with van der Waals surface area (Å²) in [5, 5.41) is 19.2. The van der Waals surface area contributed by atoms with E-state index in [0.717, 1.165) is 34.3 Å². The fourth-order valence-corrected chi connectivity index (χ4v) is 5.56. The highest BCUT2D eigenvalue weighted by atomic mass is 35.5. The molecule has 2 heterocycles. The van der Waals surface area contributed by atoms with Crippen molar-refractivity contribution in [2.24, 2.45) is 0 Å². The molecule has 4 rings (SSSR count). The standard InChI is InChI=1S/C24H21Cl2N3O3S2/c1-3-20-28-29-24(34-20)21-22(30)19(33-23(21)27)11-13-6-8-17(18(10-13)31-4-2)32-12-14-5-7-15(25)16(26)9-14/h5-11,21,27H,3-4,12H2,1-2H3/b19-11-,27-23?/t21-/m0/s1. The lowest BCUT2D eigenvalue weighted by molar-refractivity contribution is -0.114. The van der Waals surface area contributed by atoms with Gasteiger partial charge in [0.2, 0.25) is 0 Å². The van der Waals surface area contributed by atoms with E-state index in [9.17, 15) is 4.79 Å². The fourth-order valence-electron chi connectivity index (χ4n) is 3.28. The van der Waals surface area contributed by atoms with E-state index in [1.54, 1.807) is 24.3 Å². The molecule has 0 saturated carbocycles. The van der Waals surface area contributed by atoms with Gasteiger partial charge in [0, 0.05) is 0 Å². The van der Waals surface area contributed by atoms with Crippen molar-refractivity contribution in [3.8, 4) is 11.5 Å². The molecule has 1 atom stereocenters. The summed E-state index contributed by atoms with van der Waals surface area (Å²) in [6, 6.07) is 10.8. The third-order valence-electron chi connectivity index (χ3n) is 4.96. The lowest BCUT2D eigenvalue weighted by Crippen LogP contribution is -2.11. The minimum absolute atomic E-state index is 0.133. The maximum atomic E-state index is 13.0. The number of carbonyl (C=O) groups excluding carboxylic acids is 1. The van der Waals surface area contributed by atoms with E-state index in [0.29, 0.717) is 44.7 Å². The Kier molecular flexibility index (Phi) is 7.93. The number of ether oxygens (including phenoxy) is 2. The smallest absolute Gasteiger partial charge is 0.186 e. The van der Waals surface area contributed by atoms with Gasteiger partial charge in [-0.2, -0.15) is 0 Å². The van der Waals surface area contributed by atoms with Gasteiger partial charge in [-0.25, -0.2) is 0 Å². The molecule has 3 aromatic rings. The van der Waals surface area contributed by atoms with Crippen molar-refractivity contribution < 1.29 is 14.3 Å². The Morgan fingerprint density at radius 2 is 1.88 bits per heavy atom. The Hall–Kier alpha value is -2.39. The molecular formula is C24H21Cl2N3O3S2. The number of thioether (sulfide) groups is 1. The van der Waals surface area contributed by atoms with Gasteiger partial charge in [-0.3, -0.25) is 10.2 Å². The highest BCUT2D eigenvalue weighted by Gasteiger charge is 2.39. The third-order valence-corrected chi connectivity index (χ3v) is 7.83. The highest BCUT2D eigenvalue weighted by molar-refractivity contribution is 8.19. The molecule has 0 amide bonds. The zero-order chi connectivity index (χ0) is 24.2. The van der Waals surface area contributed by atoms with Gasteiger partial charge < -0.3 is 9.47 Å². The zero-order valence-electron chi connectivity index (χ0n) is 18.4. The molecule has 0 unspecified atom stereocenters. The minimum atomic E-state index is -0.672. The van der Waals surface area contributed by atoms with Gasteiger partial charge in [-0.05, 0) is 54.8 Å². The second-order valence-electron chi connectivity index (χ2n) is 7.34.